The van der Waals surface area contributed by atoms with Gasteiger partial charge in [0.15, 0.2) is 11.5 Å². The van der Waals surface area contributed by atoms with Crippen LogP contribution in [0.1, 0.15) is 13.8 Å². The number of fused-ring (bicyclic) bond motifs is 1. The molecule has 0 aromatic heterocycles. The van der Waals surface area contributed by atoms with Gasteiger partial charge in [-0.05, 0) is 26.0 Å². The highest BCUT2D eigenvalue weighted by Gasteiger charge is 2.14. The molecule has 2 N–H and O–H groups in total. The number of nitrogens with one attached hydrogen (secondary N) is 1. The Bertz CT molecular complexity index is 371. The molecule has 0 radical (unpaired) electrons. The Labute approximate surface area is 95.2 Å². The van der Waals surface area contributed by atoms with Gasteiger partial charge in [0.05, 0.1) is 5.60 Å². The van der Waals surface area contributed by atoms with Gasteiger partial charge in [-0.1, -0.05) is 0 Å². The van der Waals surface area contributed by atoms with Crippen molar-refractivity contribution in [2.45, 2.75) is 19.4 Å². The van der Waals surface area contributed by atoms with Crippen LogP contribution in [0.2, 0.25) is 0 Å². The summed E-state index contributed by atoms with van der Waals surface area (Å²) in [5.74, 6) is 1.53. The van der Waals surface area contributed by atoms with Gasteiger partial charge in [-0.2, -0.15) is 0 Å². The van der Waals surface area contributed by atoms with Crippen molar-refractivity contribution in [3.05, 3.63) is 18.2 Å². The van der Waals surface area contributed by atoms with Gasteiger partial charge in [0.25, 0.3) is 0 Å². The quantitative estimate of drug-likeness (QED) is 0.818. The number of hydrogen-bond donors (Lipinski definition) is 2. The summed E-state index contributed by atoms with van der Waals surface area (Å²) < 4.78 is 10.9. The van der Waals surface area contributed by atoms with Crippen molar-refractivity contribution in [2.24, 2.45) is 0 Å². The molecule has 0 aliphatic carbocycles. The zero-order chi connectivity index (χ0) is 11.6. The molecule has 0 saturated carbocycles. The molecule has 1 aliphatic heterocycles. The predicted molar refractivity (Wildman–Crippen MR) is 62.2 cm³/mol. The fraction of sp³-hybridized carbons (Fsp3) is 0.500. The average molecular weight is 223 g/mol. The van der Waals surface area contributed by atoms with Crippen molar-refractivity contribution in [3.8, 4) is 11.5 Å². The van der Waals surface area contributed by atoms with E-state index in [1.807, 2.05) is 18.2 Å². The first kappa shape index (κ1) is 11.1. The number of benzene rings is 1. The summed E-state index contributed by atoms with van der Waals surface area (Å²) in [7, 11) is 0. The average Bonchev–Trinajstić information content (AvgIpc) is 2.25. The highest BCUT2D eigenvalue weighted by molar-refractivity contribution is 5.55. The van der Waals surface area contributed by atoms with Gasteiger partial charge in [0.2, 0.25) is 0 Å². The van der Waals surface area contributed by atoms with Crippen LogP contribution in [0.5, 0.6) is 11.5 Å². The lowest BCUT2D eigenvalue weighted by molar-refractivity contribution is 0.0945. The summed E-state index contributed by atoms with van der Waals surface area (Å²) in [6.07, 6.45) is 0. The summed E-state index contributed by atoms with van der Waals surface area (Å²) in [5, 5.41) is 12.7. The van der Waals surface area contributed by atoms with Crippen LogP contribution >= 0.6 is 0 Å². The van der Waals surface area contributed by atoms with Crippen LogP contribution in [0.15, 0.2) is 18.2 Å². The lowest BCUT2D eigenvalue weighted by Gasteiger charge is -2.21. The van der Waals surface area contributed by atoms with Crippen LogP contribution < -0.4 is 14.8 Å². The van der Waals surface area contributed by atoms with Gasteiger partial charge in [0.1, 0.15) is 13.2 Å². The second kappa shape index (κ2) is 4.22. The molecule has 1 aromatic rings. The maximum atomic E-state index is 9.60. The summed E-state index contributed by atoms with van der Waals surface area (Å²) >= 11 is 0. The normalized spacial score (nSPS) is 14.7. The molecule has 0 amide bonds. The number of hydrogen-bond acceptors (Lipinski definition) is 4. The van der Waals surface area contributed by atoms with Gasteiger partial charge >= 0.3 is 0 Å². The van der Waals surface area contributed by atoms with Gasteiger partial charge in [0, 0.05) is 18.3 Å². The van der Waals surface area contributed by atoms with E-state index in [9.17, 15) is 5.11 Å². The van der Waals surface area contributed by atoms with E-state index >= 15 is 0 Å². The molecule has 0 spiro atoms. The first-order chi connectivity index (χ1) is 7.54. The first-order valence-electron chi connectivity index (χ1n) is 5.40. The zero-order valence-corrected chi connectivity index (χ0v) is 9.62. The van der Waals surface area contributed by atoms with E-state index < -0.39 is 5.60 Å². The molecule has 0 bridgehead atoms. The molecule has 4 nitrogen and oxygen atoms in total. The number of aliphatic hydroxyl groups is 1. The monoisotopic (exact) mass is 223 g/mol. The van der Waals surface area contributed by atoms with Crippen LogP contribution in [-0.2, 0) is 0 Å². The maximum Gasteiger partial charge on any atom is 0.163 e. The Morgan fingerprint density at radius 2 is 1.94 bits per heavy atom. The van der Waals surface area contributed by atoms with Crippen molar-refractivity contribution in [2.75, 3.05) is 25.1 Å². The minimum atomic E-state index is -0.729. The van der Waals surface area contributed by atoms with Crippen LogP contribution in [0, 0.1) is 0 Å². The van der Waals surface area contributed by atoms with E-state index in [0.717, 1.165) is 17.2 Å². The fourth-order valence-corrected chi connectivity index (χ4v) is 1.47. The molecule has 0 atom stereocenters. The summed E-state index contributed by atoms with van der Waals surface area (Å²) in [6.45, 7) is 5.20. The molecule has 0 unspecified atom stereocenters. The van der Waals surface area contributed by atoms with Crippen LogP contribution in [0.4, 0.5) is 5.69 Å². The third-order valence-electron chi connectivity index (χ3n) is 2.27. The van der Waals surface area contributed by atoms with Gasteiger partial charge < -0.3 is 19.9 Å². The zero-order valence-electron chi connectivity index (χ0n) is 9.62. The van der Waals surface area contributed by atoms with E-state index in [2.05, 4.69) is 5.32 Å². The van der Waals surface area contributed by atoms with E-state index in [4.69, 9.17) is 9.47 Å². The Kier molecular flexibility index (Phi) is 2.92. The van der Waals surface area contributed by atoms with Crippen LogP contribution in [0.3, 0.4) is 0 Å². The standard InChI is InChI=1S/C12H17NO3/c1-12(2,14)8-13-9-3-4-10-11(7-9)16-6-5-15-10/h3-4,7,13-14H,5-6,8H2,1-2H3. The number of rotatable bonds is 3. The molecule has 1 aromatic carbocycles. The summed E-state index contributed by atoms with van der Waals surface area (Å²) in [6, 6.07) is 5.68. The minimum Gasteiger partial charge on any atom is -0.486 e. The van der Waals surface area contributed by atoms with E-state index in [1.165, 1.54) is 0 Å². The molecule has 2 rings (SSSR count). The second-order valence-corrected chi connectivity index (χ2v) is 4.52. The lowest BCUT2D eigenvalue weighted by atomic mass is 10.1. The molecule has 1 aliphatic rings. The van der Waals surface area contributed by atoms with E-state index in [1.54, 1.807) is 13.8 Å². The van der Waals surface area contributed by atoms with Crippen molar-refractivity contribution in [3.63, 3.8) is 0 Å². The number of ether oxygens (including phenoxy) is 2. The van der Waals surface area contributed by atoms with E-state index in [0.29, 0.717) is 19.8 Å². The highest BCUT2D eigenvalue weighted by atomic mass is 16.6. The molecule has 16 heavy (non-hydrogen) atoms. The van der Waals surface area contributed by atoms with Crippen molar-refractivity contribution < 1.29 is 14.6 Å². The summed E-state index contributed by atoms with van der Waals surface area (Å²) in [4.78, 5) is 0. The smallest absolute Gasteiger partial charge is 0.163 e. The van der Waals surface area contributed by atoms with Crippen LogP contribution in [0.25, 0.3) is 0 Å². The fourth-order valence-electron chi connectivity index (χ4n) is 1.47. The van der Waals surface area contributed by atoms with Crippen LogP contribution in [-0.4, -0.2) is 30.5 Å². The Morgan fingerprint density at radius 1 is 1.25 bits per heavy atom. The molecule has 4 heteroatoms. The lowest BCUT2D eigenvalue weighted by Crippen LogP contribution is -2.29. The number of anilines is 1. The summed E-state index contributed by atoms with van der Waals surface area (Å²) in [5.41, 5.74) is 0.194. The Hall–Kier alpha value is -1.42. The maximum absolute atomic E-state index is 9.60. The highest BCUT2D eigenvalue weighted by Crippen LogP contribution is 2.32. The van der Waals surface area contributed by atoms with Crippen molar-refractivity contribution >= 4 is 5.69 Å². The minimum absolute atomic E-state index is 0.493. The first-order valence-corrected chi connectivity index (χ1v) is 5.40. The third kappa shape index (κ3) is 2.79. The largest absolute Gasteiger partial charge is 0.486 e. The van der Waals surface area contributed by atoms with Crippen molar-refractivity contribution in [1.29, 1.82) is 0 Å². The predicted octanol–water partition coefficient (Wildman–Crippen LogP) is 1.64. The van der Waals surface area contributed by atoms with Gasteiger partial charge in [-0.15, -0.1) is 0 Å². The molecule has 1 heterocycles. The Balaban J connectivity index is 2.06. The molecule has 0 saturated heterocycles. The van der Waals surface area contributed by atoms with Crippen molar-refractivity contribution in [1.82, 2.24) is 0 Å². The SMILES string of the molecule is CC(C)(O)CNc1ccc2c(c1)OCCO2. The second-order valence-electron chi connectivity index (χ2n) is 4.52. The Morgan fingerprint density at radius 3 is 2.62 bits per heavy atom. The van der Waals surface area contributed by atoms with Gasteiger partial charge in [-0.25, -0.2) is 0 Å². The molecule has 88 valence electrons. The molecular formula is C12H17NO3. The third-order valence-corrected chi connectivity index (χ3v) is 2.27. The molecular weight excluding hydrogens is 206 g/mol. The topological polar surface area (TPSA) is 50.7 Å². The van der Waals surface area contributed by atoms with Gasteiger partial charge in [-0.3, -0.25) is 0 Å². The van der Waals surface area contributed by atoms with E-state index in [-0.39, 0.29) is 0 Å². The molecule has 0 fully saturated rings.